The molecule has 2 unspecified atom stereocenters. The Balaban J connectivity index is 2.25. The van der Waals surface area contributed by atoms with Crippen LogP contribution >= 0.6 is 0 Å². The van der Waals surface area contributed by atoms with E-state index in [0.29, 0.717) is 17.5 Å². The van der Waals surface area contributed by atoms with Gasteiger partial charge in [0.2, 0.25) is 0 Å². The standard InChI is InChI=1S/C15H22N2O3/c1-11-5-3-4-6-14(11)16(2)13-7-8-15(17(19)20)12(9-13)10-18/h7-9,11,14,18H,3-6,10H2,1-2H3. The van der Waals surface area contributed by atoms with Gasteiger partial charge in [0, 0.05) is 24.8 Å². The average Bonchev–Trinajstić information content (AvgIpc) is 2.46. The van der Waals surface area contributed by atoms with Crippen molar-refractivity contribution in [2.75, 3.05) is 11.9 Å². The second-order valence-corrected chi connectivity index (χ2v) is 5.67. The SMILES string of the molecule is CC1CCCCC1N(C)c1ccc([N+](=O)[O-])c(CO)c1. The summed E-state index contributed by atoms with van der Waals surface area (Å²) in [6.07, 6.45) is 4.91. The number of benzene rings is 1. The number of nitrogens with zero attached hydrogens (tertiary/aromatic N) is 2. The number of nitro benzene ring substituents is 1. The Kier molecular flexibility index (Phi) is 4.60. The van der Waals surface area contributed by atoms with Crippen molar-refractivity contribution >= 4 is 11.4 Å². The van der Waals surface area contributed by atoms with Gasteiger partial charge in [-0.2, -0.15) is 0 Å². The van der Waals surface area contributed by atoms with Crippen LogP contribution in [-0.4, -0.2) is 23.1 Å². The van der Waals surface area contributed by atoms with Crippen molar-refractivity contribution in [1.82, 2.24) is 0 Å². The summed E-state index contributed by atoms with van der Waals surface area (Å²) >= 11 is 0. The van der Waals surface area contributed by atoms with Crippen LogP contribution in [-0.2, 0) is 6.61 Å². The van der Waals surface area contributed by atoms with Crippen LogP contribution in [0.3, 0.4) is 0 Å². The van der Waals surface area contributed by atoms with Crippen molar-refractivity contribution in [3.8, 4) is 0 Å². The van der Waals surface area contributed by atoms with Gasteiger partial charge in [0.1, 0.15) is 0 Å². The molecule has 1 saturated carbocycles. The fourth-order valence-electron chi connectivity index (χ4n) is 3.16. The first-order valence-corrected chi connectivity index (χ1v) is 7.15. The fourth-order valence-corrected chi connectivity index (χ4v) is 3.16. The van der Waals surface area contributed by atoms with Crippen LogP contribution in [0.4, 0.5) is 11.4 Å². The molecule has 110 valence electrons. The highest BCUT2D eigenvalue weighted by Gasteiger charge is 2.26. The van der Waals surface area contributed by atoms with Gasteiger partial charge in [-0.3, -0.25) is 10.1 Å². The Morgan fingerprint density at radius 1 is 1.40 bits per heavy atom. The van der Waals surface area contributed by atoms with Crippen molar-refractivity contribution in [2.45, 2.75) is 45.3 Å². The number of rotatable bonds is 4. The third kappa shape index (κ3) is 2.93. The van der Waals surface area contributed by atoms with Crippen LogP contribution in [0.2, 0.25) is 0 Å². The molecule has 20 heavy (non-hydrogen) atoms. The molecular formula is C15H22N2O3. The molecule has 0 radical (unpaired) electrons. The smallest absolute Gasteiger partial charge is 0.275 e. The molecule has 0 saturated heterocycles. The minimum absolute atomic E-state index is 0.0126. The molecule has 5 heteroatoms. The molecular weight excluding hydrogens is 256 g/mol. The fraction of sp³-hybridized carbons (Fsp3) is 0.600. The van der Waals surface area contributed by atoms with E-state index in [9.17, 15) is 15.2 Å². The van der Waals surface area contributed by atoms with Gasteiger partial charge in [0.05, 0.1) is 17.1 Å². The van der Waals surface area contributed by atoms with Crippen LogP contribution in [0.1, 0.15) is 38.2 Å². The number of anilines is 1. The molecule has 2 atom stereocenters. The summed E-state index contributed by atoms with van der Waals surface area (Å²) in [5, 5.41) is 20.2. The lowest BCUT2D eigenvalue weighted by Gasteiger charge is -2.37. The minimum Gasteiger partial charge on any atom is -0.391 e. The molecule has 0 heterocycles. The van der Waals surface area contributed by atoms with Crippen LogP contribution in [0.5, 0.6) is 0 Å². The molecule has 2 rings (SSSR count). The van der Waals surface area contributed by atoms with Crippen molar-refractivity contribution in [1.29, 1.82) is 0 Å². The number of hydrogen-bond acceptors (Lipinski definition) is 4. The van der Waals surface area contributed by atoms with Gasteiger partial charge < -0.3 is 10.0 Å². The van der Waals surface area contributed by atoms with E-state index in [2.05, 4.69) is 11.8 Å². The number of hydrogen-bond donors (Lipinski definition) is 1. The summed E-state index contributed by atoms with van der Waals surface area (Å²) in [5.74, 6) is 0.626. The summed E-state index contributed by atoms with van der Waals surface area (Å²) in [6, 6.07) is 5.47. The Hall–Kier alpha value is -1.62. The van der Waals surface area contributed by atoms with Crippen LogP contribution in [0.25, 0.3) is 0 Å². The molecule has 0 aromatic heterocycles. The zero-order valence-electron chi connectivity index (χ0n) is 12.1. The molecule has 0 bridgehead atoms. The second-order valence-electron chi connectivity index (χ2n) is 5.67. The largest absolute Gasteiger partial charge is 0.391 e. The highest BCUT2D eigenvalue weighted by Crippen LogP contribution is 2.32. The van der Waals surface area contributed by atoms with Gasteiger partial charge in [-0.25, -0.2) is 0 Å². The van der Waals surface area contributed by atoms with Gasteiger partial charge in [0.25, 0.3) is 5.69 Å². The van der Waals surface area contributed by atoms with E-state index in [1.54, 1.807) is 12.1 Å². The Morgan fingerprint density at radius 3 is 2.70 bits per heavy atom. The van der Waals surface area contributed by atoms with Gasteiger partial charge in [-0.1, -0.05) is 19.8 Å². The molecule has 0 amide bonds. The zero-order chi connectivity index (χ0) is 14.7. The predicted molar refractivity (Wildman–Crippen MR) is 78.8 cm³/mol. The summed E-state index contributed by atoms with van der Waals surface area (Å²) < 4.78 is 0. The summed E-state index contributed by atoms with van der Waals surface area (Å²) in [6.45, 7) is 1.96. The third-order valence-electron chi connectivity index (χ3n) is 4.40. The van der Waals surface area contributed by atoms with Crippen molar-refractivity contribution in [3.63, 3.8) is 0 Å². The highest BCUT2D eigenvalue weighted by molar-refractivity contribution is 5.55. The van der Waals surface area contributed by atoms with Gasteiger partial charge >= 0.3 is 0 Å². The molecule has 0 spiro atoms. The number of aliphatic hydroxyl groups excluding tert-OH is 1. The van der Waals surface area contributed by atoms with Crippen LogP contribution in [0.15, 0.2) is 18.2 Å². The minimum atomic E-state index is -0.446. The Bertz CT molecular complexity index is 490. The number of nitro groups is 1. The Labute approximate surface area is 119 Å². The summed E-state index contributed by atoms with van der Waals surface area (Å²) in [7, 11) is 2.04. The average molecular weight is 278 g/mol. The van der Waals surface area contributed by atoms with Crippen molar-refractivity contribution in [2.24, 2.45) is 5.92 Å². The maximum Gasteiger partial charge on any atom is 0.275 e. The molecule has 1 aliphatic carbocycles. The lowest BCUT2D eigenvalue weighted by Crippen LogP contribution is -2.39. The topological polar surface area (TPSA) is 66.6 Å². The Morgan fingerprint density at radius 2 is 2.10 bits per heavy atom. The van der Waals surface area contributed by atoms with Crippen molar-refractivity contribution in [3.05, 3.63) is 33.9 Å². The van der Waals surface area contributed by atoms with E-state index in [1.807, 2.05) is 7.05 Å². The van der Waals surface area contributed by atoms with E-state index in [4.69, 9.17) is 0 Å². The molecule has 5 nitrogen and oxygen atoms in total. The quantitative estimate of drug-likeness (QED) is 0.679. The van der Waals surface area contributed by atoms with Crippen molar-refractivity contribution < 1.29 is 10.0 Å². The maximum absolute atomic E-state index is 10.9. The molecule has 1 aromatic carbocycles. The third-order valence-corrected chi connectivity index (χ3v) is 4.40. The first-order chi connectivity index (χ1) is 9.54. The van der Waals surface area contributed by atoms with Gasteiger partial charge in [-0.05, 0) is 30.9 Å². The zero-order valence-corrected chi connectivity index (χ0v) is 12.1. The summed E-state index contributed by atoms with van der Waals surface area (Å²) in [4.78, 5) is 12.7. The van der Waals surface area contributed by atoms with E-state index < -0.39 is 4.92 Å². The maximum atomic E-state index is 10.9. The highest BCUT2D eigenvalue weighted by atomic mass is 16.6. The first-order valence-electron chi connectivity index (χ1n) is 7.15. The van der Waals surface area contributed by atoms with E-state index >= 15 is 0 Å². The van der Waals surface area contributed by atoms with E-state index in [-0.39, 0.29) is 12.3 Å². The predicted octanol–water partition coefficient (Wildman–Crippen LogP) is 3.10. The lowest BCUT2D eigenvalue weighted by atomic mass is 9.85. The van der Waals surface area contributed by atoms with E-state index in [0.717, 1.165) is 12.1 Å². The number of aliphatic hydroxyl groups is 1. The normalized spacial score (nSPS) is 22.6. The van der Waals surface area contributed by atoms with E-state index in [1.165, 1.54) is 25.3 Å². The molecule has 1 N–H and O–H groups in total. The second kappa shape index (κ2) is 6.22. The molecule has 1 aromatic rings. The van der Waals surface area contributed by atoms with Crippen LogP contribution < -0.4 is 4.90 Å². The first kappa shape index (κ1) is 14.8. The molecule has 0 aliphatic heterocycles. The molecule has 1 fully saturated rings. The lowest BCUT2D eigenvalue weighted by molar-refractivity contribution is -0.385. The van der Waals surface area contributed by atoms with Crippen LogP contribution in [0, 0.1) is 16.0 Å². The van der Waals surface area contributed by atoms with Gasteiger partial charge in [0.15, 0.2) is 0 Å². The molecule has 1 aliphatic rings. The monoisotopic (exact) mass is 278 g/mol. The van der Waals surface area contributed by atoms with Gasteiger partial charge in [-0.15, -0.1) is 0 Å². The summed E-state index contributed by atoms with van der Waals surface area (Å²) in [5.41, 5.74) is 1.31.